The smallest absolute Gasteiger partial charge is 0.146 e. The number of nitrogens with zero attached hydrogens (tertiary/aromatic N) is 2. The van der Waals surface area contributed by atoms with Crippen molar-refractivity contribution in [3.8, 4) is 22.9 Å². The molecule has 1 aromatic carbocycles. The molecule has 0 bridgehead atoms. The molecule has 0 spiro atoms. The van der Waals surface area contributed by atoms with Crippen LogP contribution in [0, 0.1) is 0 Å². The average Bonchev–Trinajstić information content (AvgIpc) is 2.84. The van der Waals surface area contributed by atoms with E-state index in [-0.39, 0.29) is 0 Å². The second-order valence-corrected chi connectivity index (χ2v) is 5.03. The van der Waals surface area contributed by atoms with E-state index in [1.165, 1.54) is 0 Å². The number of fused-ring (bicyclic) bond motifs is 1. The molecule has 3 aromatic rings. The Morgan fingerprint density at radius 2 is 1.60 bits per heavy atom. The Kier molecular flexibility index (Phi) is 3.36. The van der Waals surface area contributed by atoms with Crippen LogP contribution in [0.2, 0.25) is 0 Å². The van der Waals surface area contributed by atoms with Crippen molar-refractivity contribution < 1.29 is 9.47 Å². The van der Waals surface area contributed by atoms with Crippen LogP contribution in [0.3, 0.4) is 0 Å². The van der Waals surface area contributed by atoms with Gasteiger partial charge in [0.25, 0.3) is 0 Å². The first kappa shape index (κ1) is 13.0. The number of ether oxygens (including phenoxy) is 2. The topological polar surface area (TPSA) is 35.8 Å². The van der Waals surface area contributed by atoms with E-state index in [9.17, 15) is 0 Å². The lowest BCUT2D eigenvalue weighted by Gasteiger charge is -2.05. The molecular weight excluding hydrogens is 320 g/mol. The third-order valence-electron chi connectivity index (χ3n) is 3.15. The highest BCUT2D eigenvalue weighted by atomic mass is 79.9. The minimum atomic E-state index is 0.789. The molecule has 0 saturated heterocycles. The van der Waals surface area contributed by atoms with Gasteiger partial charge in [0, 0.05) is 5.56 Å². The van der Waals surface area contributed by atoms with Gasteiger partial charge in [-0.15, -0.1) is 0 Å². The van der Waals surface area contributed by atoms with Crippen molar-refractivity contribution >= 4 is 21.4 Å². The molecule has 102 valence electrons. The van der Waals surface area contributed by atoms with Crippen molar-refractivity contribution in [3.05, 3.63) is 47.2 Å². The third-order valence-corrected chi connectivity index (χ3v) is 3.73. The predicted octanol–water partition coefficient (Wildman–Crippen LogP) is 3.78. The number of halogens is 1. The van der Waals surface area contributed by atoms with Crippen LogP contribution in [0.5, 0.6) is 11.5 Å². The normalized spacial score (nSPS) is 10.8. The number of benzene rings is 1. The Labute approximate surface area is 125 Å². The predicted molar refractivity (Wildman–Crippen MR) is 81.4 cm³/mol. The van der Waals surface area contributed by atoms with Gasteiger partial charge in [0.15, 0.2) is 0 Å². The van der Waals surface area contributed by atoms with Crippen molar-refractivity contribution in [1.29, 1.82) is 0 Å². The van der Waals surface area contributed by atoms with E-state index in [1.807, 2.05) is 47.0 Å². The van der Waals surface area contributed by atoms with Gasteiger partial charge in [-0.05, 0) is 52.3 Å². The molecule has 0 radical (unpaired) electrons. The van der Waals surface area contributed by atoms with Crippen LogP contribution < -0.4 is 9.47 Å². The molecule has 2 heterocycles. The molecule has 0 atom stereocenters. The monoisotopic (exact) mass is 332 g/mol. The molecule has 0 aliphatic heterocycles. The van der Waals surface area contributed by atoms with E-state index >= 15 is 0 Å². The van der Waals surface area contributed by atoms with Gasteiger partial charge in [0.2, 0.25) is 0 Å². The van der Waals surface area contributed by atoms with Crippen LogP contribution >= 0.6 is 15.9 Å². The lowest BCUT2D eigenvalue weighted by atomic mass is 10.2. The SMILES string of the molecule is COc1ccc(-c2nc(Br)c3ccc(OC)cn23)cc1. The van der Waals surface area contributed by atoms with Crippen LogP contribution in [0.25, 0.3) is 16.9 Å². The van der Waals surface area contributed by atoms with Gasteiger partial charge >= 0.3 is 0 Å². The van der Waals surface area contributed by atoms with E-state index in [2.05, 4.69) is 20.9 Å². The molecule has 20 heavy (non-hydrogen) atoms. The van der Waals surface area contributed by atoms with Crippen molar-refractivity contribution in [2.24, 2.45) is 0 Å². The highest BCUT2D eigenvalue weighted by Gasteiger charge is 2.11. The summed E-state index contributed by atoms with van der Waals surface area (Å²) < 4.78 is 13.3. The largest absolute Gasteiger partial charge is 0.497 e. The summed E-state index contributed by atoms with van der Waals surface area (Å²) in [5.41, 5.74) is 2.01. The van der Waals surface area contributed by atoms with Crippen molar-refractivity contribution in [3.63, 3.8) is 0 Å². The number of aromatic nitrogens is 2. The zero-order valence-electron chi connectivity index (χ0n) is 11.1. The van der Waals surface area contributed by atoms with Gasteiger partial charge in [-0.25, -0.2) is 4.98 Å². The van der Waals surface area contributed by atoms with E-state index in [0.29, 0.717) is 0 Å². The fourth-order valence-electron chi connectivity index (χ4n) is 2.09. The first-order valence-corrected chi connectivity index (χ1v) is 6.88. The zero-order valence-corrected chi connectivity index (χ0v) is 12.7. The highest BCUT2D eigenvalue weighted by molar-refractivity contribution is 9.10. The molecular formula is C15H13BrN2O2. The molecule has 0 unspecified atom stereocenters. The van der Waals surface area contributed by atoms with Crippen LogP contribution in [0.4, 0.5) is 0 Å². The molecule has 0 fully saturated rings. The molecule has 0 amide bonds. The summed E-state index contributed by atoms with van der Waals surface area (Å²) in [6.45, 7) is 0. The van der Waals surface area contributed by atoms with Crippen LogP contribution in [-0.4, -0.2) is 23.6 Å². The summed E-state index contributed by atoms with van der Waals surface area (Å²) in [5, 5.41) is 0. The minimum absolute atomic E-state index is 0.789. The molecule has 2 aromatic heterocycles. The lowest BCUT2D eigenvalue weighted by Crippen LogP contribution is -1.92. The fourth-order valence-corrected chi connectivity index (χ4v) is 2.58. The molecule has 4 nitrogen and oxygen atoms in total. The Hall–Kier alpha value is -2.01. The minimum Gasteiger partial charge on any atom is -0.497 e. The fraction of sp³-hybridized carbons (Fsp3) is 0.133. The maximum absolute atomic E-state index is 5.28. The highest BCUT2D eigenvalue weighted by Crippen LogP contribution is 2.29. The average molecular weight is 333 g/mol. The van der Waals surface area contributed by atoms with Gasteiger partial charge in [0.1, 0.15) is 21.9 Å². The van der Waals surface area contributed by atoms with Gasteiger partial charge in [0.05, 0.1) is 25.9 Å². The van der Waals surface area contributed by atoms with Gasteiger partial charge in [-0.3, -0.25) is 4.40 Å². The number of pyridine rings is 1. The molecule has 0 saturated carbocycles. The molecule has 0 aliphatic rings. The van der Waals surface area contributed by atoms with Crippen LogP contribution in [0.1, 0.15) is 0 Å². The maximum Gasteiger partial charge on any atom is 0.146 e. The first-order chi connectivity index (χ1) is 9.72. The van der Waals surface area contributed by atoms with E-state index in [4.69, 9.17) is 9.47 Å². The first-order valence-electron chi connectivity index (χ1n) is 6.09. The van der Waals surface area contributed by atoms with Gasteiger partial charge in [-0.1, -0.05) is 0 Å². The maximum atomic E-state index is 5.28. The summed E-state index contributed by atoms with van der Waals surface area (Å²) in [6.07, 6.45) is 1.92. The number of rotatable bonds is 3. The molecule has 0 N–H and O–H groups in total. The second kappa shape index (κ2) is 5.17. The van der Waals surface area contributed by atoms with Crippen LogP contribution in [-0.2, 0) is 0 Å². The van der Waals surface area contributed by atoms with E-state index < -0.39 is 0 Å². The molecule has 0 aliphatic carbocycles. The number of imidazole rings is 1. The summed E-state index contributed by atoms with van der Waals surface area (Å²) in [4.78, 5) is 4.57. The molecule has 5 heteroatoms. The van der Waals surface area contributed by atoms with E-state index in [0.717, 1.165) is 33.0 Å². The molecule has 3 rings (SSSR count). The third kappa shape index (κ3) is 2.14. The lowest BCUT2D eigenvalue weighted by molar-refractivity contribution is 0.412. The van der Waals surface area contributed by atoms with E-state index in [1.54, 1.807) is 14.2 Å². The number of hydrogen-bond donors (Lipinski definition) is 0. The Morgan fingerprint density at radius 1 is 0.950 bits per heavy atom. The summed E-state index contributed by atoms with van der Waals surface area (Å²) >= 11 is 3.49. The quantitative estimate of drug-likeness (QED) is 0.732. The van der Waals surface area contributed by atoms with Crippen molar-refractivity contribution in [2.45, 2.75) is 0 Å². The standard InChI is InChI=1S/C15H13BrN2O2/c1-19-11-5-3-10(4-6-11)15-17-14(16)13-8-7-12(20-2)9-18(13)15/h3-9H,1-2H3. The van der Waals surface area contributed by atoms with Gasteiger partial charge < -0.3 is 9.47 Å². The van der Waals surface area contributed by atoms with Gasteiger partial charge in [-0.2, -0.15) is 0 Å². The summed E-state index contributed by atoms with van der Waals surface area (Å²) in [5.74, 6) is 2.47. The number of methoxy groups -OCH3 is 2. The summed E-state index contributed by atoms with van der Waals surface area (Å²) in [7, 11) is 3.31. The Bertz CT molecular complexity index is 750. The van der Waals surface area contributed by atoms with Crippen molar-refractivity contribution in [2.75, 3.05) is 14.2 Å². The number of hydrogen-bond acceptors (Lipinski definition) is 3. The zero-order chi connectivity index (χ0) is 14.1. The summed E-state index contributed by atoms with van der Waals surface area (Å²) in [6, 6.07) is 11.7. The second-order valence-electron chi connectivity index (χ2n) is 4.28. The Balaban J connectivity index is 2.18. The van der Waals surface area contributed by atoms with Crippen molar-refractivity contribution in [1.82, 2.24) is 9.38 Å². The van der Waals surface area contributed by atoms with Crippen LogP contribution in [0.15, 0.2) is 47.2 Å². The Morgan fingerprint density at radius 3 is 2.25 bits per heavy atom.